The average Bonchev–Trinajstić information content (AvgIpc) is 2.19. The fourth-order valence-corrected chi connectivity index (χ4v) is 2.26. The van der Waals surface area contributed by atoms with Crippen molar-refractivity contribution in [1.82, 2.24) is 5.32 Å². The predicted octanol–water partition coefficient (Wildman–Crippen LogP) is 3.45. The van der Waals surface area contributed by atoms with Crippen LogP contribution in [0, 0.1) is 17.8 Å². The van der Waals surface area contributed by atoms with Gasteiger partial charge in [-0.2, -0.15) is 0 Å². The normalized spacial score (nSPS) is 30.9. The minimum absolute atomic E-state index is 0.832. The van der Waals surface area contributed by atoms with Crippen molar-refractivity contribution in [2.24, 2.45) is 17.8 Å². The zero-order valence-electron chi connectivity index (χ0n) is 10.3. The first-order chi connectivity index (χ1) is 6.67. The highest BCUT2D eigenvalue weighted by Gasteiger charge is 2.31. The van der Waals surface area contributed by atoms with E-state index in [2.05, 4.69) is 33.0 Å². The lowest BCUT2D eigenvalue weighted by atomic mass is 9.79. The molecule has 1 aliphatic heterocycles. The van der Waals surface area contributed by atoms with Crippen molar-refractivity contribution in [3.8, 4) is 0 Å². The molecule has 14 heavy (non-hydrogen) atoms. The van der Waals surface area contributed by atoms with E-state index in [9.17, 15) is 0 Å². The highest BCUT2D eigenvalue weighted by Crippen LogP contribution is 2.28. The zero-order valence-corrected chi connectivity index (χ0v) is 10.3. The van der Waals surface area contributed by atoms with Gasteiger partial charge in [0.1, 0.15) is 0 Å². The largest absolute Gasteiger partial charge is 0.313 e. The van der Waals surface area contributed by atoms with Crippen molar-refractivity contribution < 1.29 is 0 Å². The van der Waals surface area contributed by atoms with Crippen LogP contribution in [0.15, 0.2) is 0 Å². The number of nitrogens with one attached hydrogen (secondary N) is 1. The molecule has 4 atom stereocenters. The van der Waals surface area contributed by atoms with Crippen LogP contribution >= 0.6 is 0 Å². The summed E-state index contributed by atoms with van der Waals surface area (Å²) in [6.45, 7) is 10.6. The molecule has 1 saturated heterocycles. The number of rotatable bonds is 6. The van der Waals surface area contributed by atoms with Crippen LogP contribution in [-0.4, -0.2) is 12.6 Å². The molecule has 0 aromatic heterocycles. The van der Waals surface area contributed by atoms with Crippen LogP contribution in [-0.2, 0) is 0 Å². The molecular weight excluding hydrogens is 170 g/mol. The van der Waals surface area contributed by atoms with Gasteiger partial charge in [0, 0.05) is 6.04 Å². The molecule has 1 rings (SSSR count). The topological polar surface area (TPSA) is 12.0 Å². The van der Waals surface area contributed by atoms with E-state index in [4.69, 9.17) is 0 Å². The van der Waals surface area contributed by atoms with Gasteiger partial charge in [0.05, 0.1) is 0 Å². The molecular formula is C13H27N. The molecule has 0 aromatic carbocycles. The van der Waals surface area contributed by atoms with Crippen LogP contribution in [0.5, 0.6) is 0 Å². The molecule has 84 valence electrons. The van der Waals surface area contributed by atoms with E-state index in [0.717, 1.165) is 23.8 Å². The maximum absolute atomic E-state index is 3.59. The summed E-state index contributed by atoms with van der Waals surface area (Å²) in [5, 5.41) is 3.59. The molecule has 0 spiro atoms. The van der Waals surface area contributed by atoms with E-state index in [1.807, 2.05) is 0 Å². The van der Waals surface area contributed by atoms with Crippen molar-refractivity contribution in [2.75, 3.05) is 6.54 Å². The third-order valence-corrected chi connectivity index (χ3v) is 3.97. The first-order valence-electron chi connectivity index (χ1n) is 6.40. The van der Waals surface area contributed by atoms with Gasteiger partial charge in [0.2, 0.25) is 0 Å². The molecule has 1 aliphatic rings. The highest BCUT2D eigenvalue weighted by atomic mass is 15.0. The van der Waals surface area contributed by atoms with Gasteiger partial charge < -0.3 is 5.32 Å². The van der Waals surface area contributed by atoms with Gasteiger partial charge >= 0.3 is 0 Å². The SMILES string of the molecule is CCC(C)CC1CNC1CC(C)CC. The summed E-state index contributed by atoms with van der Waals surface area (Å²) in [6.07, 6.45) is 5.49. The molecule has 0 saturated carbocycles. The van der Waals surface area contributed by atoms with E-state index < -0.39 is 0 Å². The molecule has 0 aromatic rings. The summed E-state index contributed by atoms with van der Waals surface area (Å²) < 4.78 is 0. The van der Waals surface area contributed by atoms with Gasteiger partial charge in [-0.05, 0) is 37.1 Å². The second-order valence-corrected chi connectivity index (χ2v) is 5.27. The summed E-state index contributed by atoms with van der Waals surface area (Å²) in [5.74, 6) is 2.78. The van der Waals surface area contributed by atoms with E-state index in [0.29, 0.717) is 0 Å². The first-order valence-corrected chi connectivity index (χ1v) is 6.40. The van der Waals surface area contributed by atoms with E-state index >= 15 is 0 Å². The van der Waals surface area contributed by atoms with Gasteiger partial charge in [0.25, 0.3) is 0 Å². The molecule has 0 amide bonds. The number of hydrogen-bond acceptors (Lipinski definition) is 1. The maximum Gasteiger partial charge on any atom is 0.0110 e. The first kappa shape index (κ1) is 12.0. The summed E-state index contributed by atoms with van der Waals surface area (Å²) >= 11 is 0. The van der Waals surface area contributed by atoms with Crippen molar-refractivity contribution >= 4 is 0 Å². The van der Waals surface area contributed by atoms with Crippen LogP contribution in [0.1, 0.15) is 53.4 Å². The van der Waals surface area contributed by atoms with Crippen molar-refractivity contribution in [1.29, 1.82) is 0 Å². The Labute approximate surface area is 89.7 Å². The average molecular weight is 197 g/mol. The maximum atomic E-state index is 3.59. The van der Waals surface area contributed by atoms with Crippen LogP contribution < -0.4 is 5.32 Å². The Bertz CT molecular complexity index is 137. The minimum Gasteiger partial charge on any atom is -0.313 e. The van der Waals surface area contributed by atoms with Crippen molar-refractivity contribution in [3.63, 3.8) is 0 Å². The van der Waals surface area contributed by atoms with Crippen LogP contribution in [0.2, 0.25) is 0 Å². The second kappa shape index (κ2) is 5.75. The molecule has 1 nitrogen and oxygen atoms in total. The standard InChI is InChI=1S/C13H27N/c1-5-10(3)7-12-9-14-13(12)8-11(4)6-2/h10-14H,5-9H2,1-4H3. The Morgan fingerprint density at radius 3 is 2.07 bits per heavy atom. The van der Waals surface area contributed by atoms with Gasteiger partial charge in [-0.1, -0.05) is 40.5 Å². The summed E-state index contributed by atoms with van der Waals surface area (Å²) in [5.41, 5.74) is 0. The Hall–Kier alpha value is -0.0400. The van der Waals surface area contributed by atoms with Crippen molar-refractivity contribution in [2.45, 2.75) is 59.4 Å². The predicted molar refractivity (Wildman–Crippen MR) is 63.4 cm³/mol. The summed E-state index contributed by atoms with van der Waals surface area (Å²) in [6, 6.07) is 0.832. The van der Waals surface area contributed by atoms with E-state index in [1.165, 1.54) is 32.2 Å². The van der Waals surface area contributed by atoms with Gasteiger partial charge in [-0.25, -0.2) is 0 Å². The molecule has 1 N–H and O–H groups in total. The van der Waals surface area contributed by atoms with Crippen LogP contribution in [0.3, 0.4) is 0 Å². The third kappa shape index (κ3) is 3.27. The Balaban J connectivity index is 2.21. The van der Waals surface area contributed by atoms with Crippen molar-refractivity contribution in [3.05, 3.63) is 0 Å². The number of hydrogen-bond donors (Lipinski definition) is 1. The summed E-state index contributed by atoms with van der Waals surface area (Å²) in [7, 11) is 0. The molecule has 1 heterocycles. The summed E-state index contributed by atoms with van der Waals surface area (Å²) in [4.78, 5) is 0. The minimum atomic E-state index is 0.832. The zero-order chi connectivity index (χ0) is 10.6. The molecule has 0 radical (unpaired) electrons. The highest BCUT2D eigenvalue weighted by molar-refractivity contribution is 4.89. The van der Waals surface area contributed by atoms with E-state index in [1.54, 1.807) is 0 Å². The molecule has 0 bridgehead atoms. The Morgan fingerprint density at radius 2 is 1.64 bits per heavy atom. The lowest BCUT2D eigenvalue weighted by Crippen LogP contribution is -2.53. The smallest absolute Gasteiger partial charge is 0.0110 e. The molecule has 1 heteroatoms. The molecule has 4 unspecified atom stereocenters. The van der Waals surface area contributed by atoms with Crippen LogP contribution in [0.25, 0.3) is 0 Å². The van der Waals surface area contributed by atoms with Gasteiger partial charge in [-0.15, -0.1) is 0 Å². The monoisotopic (exact) mass is 197 g/mol. The second-order valence-electron chi connectivity index (χ2n) is 5.27. The Kier molecular flexibility index (Phi) is 4.94. The fourth-order valence-electron chi connectivity index (χ4n) is 2.26. The quantitative estimate of drug-likeness (QED) is 0.688. The molecule has 1 fully saturated rings. The van der Waals surface area contributed by atoms with Gasteiger partial charge in [-0.3, -0.25) is 0 Å². The lowest BCUT2D eigenvalue weighted by molar-refractivity contribution is 0.164. The molecule has 0 aliphatic carbocycles. The van der Waals surface area contributed by atoms with E-state index in [-0.39, 0.29) is 0 Å². The lowest BCUT2D eigenvalue weighted by Gasteiger charge is -2.41. The third-order valence-electron chi connectivity index (χ3n) is 3.97. The fraction of sp³-hybridized carbons (Fsp3) is 1.00. The van der Waals surface area contributed by atoms with Crippen LogP contribution in [0.4, 0.5) is 0 Å². The van der Waals surface area contributed by atoms with Gasteiger partial charge in [0.15, 0.2) is 0 Å². The Morgan fingerprint density at radius 1 is 1.07 bits per heavy atom.